The van der Waals surface area contributed by atoms with Gasteiger partial charge in [-0.15, -0.1) is 0 Å². The summed E-state index contributed by atoms with van der Waals surface area (Å²) in [6.07, 6.45) is -2.67. The number of pyridine rings is 1. The molecule has 0 unspecified atom stereocenters. The highest BCUT2D eigenvalue weighted by Gasteiger charge is 2.32. The summed E-state index contributed by atoms with van der Waals surface area (Å²) in [7, 11) is 0. The molecule has 0 aliphatic rings. The van der Waals surface area contributed by atoms with Crippen molar-refractivity contribution in [3.05, 3.63) is 37.8 Å². The van der Waals surface area contributed by atoms with Crippen molar-refractivity contribution in [3.8, 4) is 0 Å². The molecule has 0 aliphatic heterocycles. The Morgan fingerprint density at radius 3 is 2.67 bits per heavy atom. The summed E-state index contributed by atoms with van der Waals surface area (Å²) in [6, 6.07) is 0. The second-order valence-electron chi connectivity index (χ2n) is 3.07. The first-order chi connectivity index (χ1) is 8.40. The summed E-state index contributed by atoms with van der Waals surface area (Å²) < 4.78 is 30.0. The summed E-state index contributed by atoms with van der Waals surface area (Å²) in [6.45, 7) is 1.36. The molecule has 1 aromatic heterocycles. The Bertz CT molecular complexity index is 540. The Hall–Kier alpha value is -2.32. The number of nitrogens with one attached hydrogen (secondary N) is 1. The van der Waals surface area contributed by atoms with Gasteiger partial charge in [0.05, 0.1) is 17.1 Å². The highest BCUT2D eigenvalue weighted by Crippen LogP contribution is 2.29. The molecule has 98 valence electrons. The smallest absolute Gasteiger partial charge is 0.343 e. The molecule has 0 aliphatic carbocycles. The molecule has 1 rings (SSSR count). The first-order valence-electron chi connectivity index (χ1n) is 4.75. The zero-order valence-corrected chi connectivity index (χ0v) is 9.11. The third-order valence-corrected chi connectivity index (χ3v) is 2.00. The molecule has 7 nitrogen and oxygen atoms in total. The third-order valence-electron chi connectivity index (χ3n) is 2.00. The lowest BCUT2D eigenvalue weighted by atomic mass is 10.1. The number of alkyl halides is 2. The van der Waals surface area contributed by atoms with Crippen LogP contribution in [0.15, 0.2) is 11.0 Å². The zero-order valence-electron chi connectivity index (χ0n) is 9.11. The second kappa shape index (κ2) is 5.34. The maximum atomic E-state index is 12.8. The largest absolute Gasteiger partial charge is 0.462 e. The Balaban J connectivity index is 3.54. The molecule has 0 spiro atoms. The van der Waals surface area contributed by atoms with Crippen molar-refractivity contribution < 1.29 is 23.2 Å². The van der Waals surface area contributed by atoms with Gasteiger partial charge in [-0.05, 0) is 6.92 Å². The first kappa shape index (κ1) is 13.7. The second-order valence-corrected chi connectivity index (χ2v) is 3.07. The van der Waals surface area contributed by atoms with E-state index in [1.807, 2.05) is 4.98 Å². The average Bonchev–Trinajstić information content (AvgIpc) is 2.27. The number of hydrogen-bond donors (Lipinski definition) is 1. The minimum atomic E-state index is -3.34. The predicted octanol–water partition coefficient (Wildman–Crippen LogP) is 1.40. The van der Waals surface area contributed by atoms with Gasteiger partial charge in [-0.1, -0.05) is 0 Å². The lowest BCUT2D eigenvalue weighted by molar-refractivity contribution is -0.387. The number of H-pyrrole nitrogens is 1. The summed E-state index contributed by atoms with van der Waals surface area (Å²) >= 11 is 0. The van der Waals surface area contributed by atoms with E-state index in [9.17, 15) is 28.5 Å². The normalized spacial score (nSPS) is 10.4. The quantitative estimate of drug-likeness (QED) is 0.502. The number of halogens is 2. The molecular weight excluding hydrogens is 254 g/mol. The minimum Gasteiger partial charge on any atom is -0.462 e. The van der Waals surface area contributed by atoms with Crippen LogP contribution in [-0.4, -0.2) is 22.5 Å². The fourth-order valence-electron chi connectivity index (χ4n) is 1.31. The van der Waals surface area contributed by atoms with Crippen molar-refractivity contribution in [1.82, 2.24) is 4.98 Å². The molecular formula is C9H8F2N2O5. The van der Waals surface area contributed by atoms with Gasteiger partial charge in [0, 0.05) is 6.20 Å². The highest BCUT2D eigenvalue weighted by atomic mass is 19.3. The molecule has 1 N–H and O–H groups in total. The summed E-state index contributed by atoms with van der Waals surface area (Å²) in [5.74, 6) is -1.16. The van der Waals surface area contributed by atoms with E-state index in [1.54, 1.807) is 0 Å². The van der Waals surface area contributed by atoms with Crippen LogP contribution in [-0.2, 0) is 4.74 Å². The maximum Gasteiger partial charge on any atom is 0.343 e. The van der Waals surface area contributed by atoms with E-state index in [0.717, 1.165) is 0 Å². The standard InChI is InChI=1S/C9H8F2N2O5/c1-2-18-9(15)4-3-12-8(14)6(13(16)17)5(4)7(10)11/h3,7H,2H2,1H3,(H,12,14). The number of nitro groups is 1. The summed E-state index contributed by atoms with van der Waals surface area (Å²) in [5.41, 5.74) is -4.61. The van der Waals surface area contributed by atoms with Crippen molar-refractivity contribution >= 4 is 11.7 Å². The fourth-order valence-corrected chi connectivity index (χ4v) is 1.31. The molecule has 1 aromatic rings. The predicted molar refractivity (Wildman–Crippen MR) is 54.6 cm³/mol. The molecule has 18 heavy (non-hydrogen) atoms. The Morgan fingerprint density at radius 1 is 1.61 bits per heavy atom. The topological polar surface area (TPSA) is 102 Å². The number of nitrogens with zero attached hydrogens (tertiary/aromatic N) is 1. The van der Waals surface area contributed by atoms with Gasteiger partial charge >= 0.3 is 17.2 Å². The number of aromatic nitrogens is 1. The van der Waals surface area contributed by atoms with E-state index >= 15 is 0 Å². The lowest BCUT2D eigenvalue weighted by Crippen LogP contribution is -2.19. The number of ether oxygens (including phenoxy) is 1. The van der Waals surface area contributed by atoms with Gasteiger partial charge < -0.3 is 9.72 Å². The van der Waals surface area contributed by atoms with Gasteiger partial charge in [-0.2, -0.15) is 0 Å². The van der Waals surface area contributed by atoms with Crippen LogP contribution >= 0.6 is 0 Å². The van der Waals surface area contributed by atoms with Gasteiger partial charge in [-0.3, -0.25) is 14.9 Å². The van der Waals surface area contributed by atoms with E-state index in [-0.39, 0.29) is 6.61 Å². The number of carbonyl (C=O) groups is 1. The van der Waals surface area contributed by atoms with E-state index in [4.69, 9.17) is 0 Å². The Labute approximate surface area is 98.5 Å². The van der Waals surface area contributed by atoms with Crippen molar-refractivity contribution in [2.24, 2.45) is 0 Å². The van der Waals surface area contributed by atoms with Crippen molar-refractivity contribution in [2.45, 2.75) is 13.3 Å². The van der Waals surface area contributed by atoms with Crippen molar-refractivity contribution in [1.29, 1.82) is 0 Å². The molecule has 9 heteroatoms. The Morgan fingerprint density at radius 2 is 2.22 bits per heavy atom. The number of hydrogen-bond acceptors (Lipinski definition) is 5. The molecule has 0 bridgehead atoms. The SMILES string of the molecule is CCOC(=O)c1c[nH]c(=O)c([N+](=O)[O-])c1C(F)F. The van der Waals surface area contributed by atoms with Gasteiger partial charge in [0.1, 0.15) is 5.56 Å². The lowest BCUT2D eigenvalue weighted by Gasteiger charge is -2.07. The van der Waals surface area contributed by atoms with Gasteiger partial charge in [0.2, 0.25) is 0 Å². The van der Waals surface area contributed by atoms with E-state index in [0.29, 0.717) is 6.20 Å². The molecule has 0 aromatic carbocycles. The fraction of sp³-hybridized carbons (Fsp3) is 0.333. The molecule has 0 radical (unpaired) electrons. The first-order valence-corrected chi connectivity index (χ1v) is 4.75. The van der Waals surface area contributed by atoms with Gasteiger partial charge in [-0.25, -0.2) is 13.6 Å². The zero-order chi connectivity index (χ0) is 13.9. The molecule has 0 amide bonds. The average molecular weight is 262 g/mol. The molecule has 0 saturated carbocycles. The number of carbonyl (C=O) groups excluding carboxylic acids is 1. The number of aromatic amines is 1. The molecule has 0 saturated heterocycles. The van der Waals surface area contributed by atoms with Crippen LogP contribution in [0.1, 0.15) is 29.3 Å². The van der Waals surface area contributed by atoms with Crippen molar-refractivity contribution in [3.63, 3.8) is 0 Å². The van der Waals surface area contributed by atoms with Crippen LogP contribution in [0.5, 0.6) is 0 Å². The monoisotopic (exact) mass is 262 g/mol. The van der Waals surface area contributed by atoms with E-state index in [2.05, 4.69) is 4.74 Å². The molecule has 1 heterocycles. The van der Waals surface area contributed by atoms with Crippen LogP contribution < -0.4 is 5.56 Å². The minimum absolute atomic E-state index is 0.0889. The maximum absolute atomic E-state index is 12.8. The number of rotatable bonds is 4. The van der Waals surface area contributed by atoms with Gasteiger partial charge in [0.25, 0.3) is 6.43 Å². The van der Waals surface area contributed by atoms with E-state index < -0.39 is 39.7 Å². The van der Waals surface area contributed by atoms with E-state index in [1.165, 1.54) is 6.92 Å². The number of esters is 1. The summed E-state index contributed by atoms with van der Waals surface area (Å²) in [5, 5.41) is 10.6. The molecule has 0 fully saturated rings. The van der Waals surface area contributed by atoms with Crippen LogP contribution in [0, 0.1) is 10.1 Å². The van der Waals surface area contributed by atoms with Crippen LogP contribution in [0.2, 0.25) is 0 Å². The van der Waals surface area contributed by atoms with Crippen LogP contribution in [0.3, 0.4) is 0 Å². The van der Waals surface area contributed by atoms with Gasteiger partial charge in [0.15, 0.2) is 0 Å². The third kappa shape index (κ3) is 2.50. The van der Waals surface area contributed by atoms with Crippen LogP contribution in [0.25, 0.3) is 0 Å². The summed E-state index contributed by atoms with van der Waals surface area (Å²) in [4.78, 5) is 33.7. The Kier molecular flexibility index (Phi) is 4.08. The van der Waals surface area contributed by atoms with Crippen molar-refractivity contribution in [2.75, 3.05) is 6.61 Å². The molecule has 0 atom stereocenters. The van der Waals surface area contributed by atoms with Crippen LogP contribution in [0.4, 0.5) is 14.5 Å². The highest BCUT2D eigenvalue weighted by molar-refractivity contribution is 5.92.